The van der Waals surface area contributed by atoms with Crippen LogP contribution in [0.15, 0.2) is 0 Å². The summed E-state index contributed by atoms with van der Waals surface area (Å²) < 4.78 is 0. The largest absolute Gasteiger partial charge is 0.395 e. The lowest BCUT2D eigenvalue weighted by Gasteiger charge is -2.28. The van der Waals surface area contributed by atoms with Gasteiger partial charge in [-0.3, -0.25) is 0 Å². The van der Waals surface area contributed by atoms with Crippen LogP contribution in [-0.4, -0.2) is 24.8 Å². The van der Waals surface area contributed by atoms with Crippen molar-refractivity contribution in [1.29, 1.82) is 5.26 Å². The first kappa shape index (κ1) is 10.7. The second-order valence-corrected chi connectivity index (χ2v) is 2.80. The molecule has 0 saturated carbocycles. The zero-order valence-electron chi connectivity index (χ0n) is 6.34. The third-order valence-electron chi connectivity index (χ3n) is 2.10. The zero-order valence-corrected chi connectivity index (χ0v) is 7.15. The highest BCUT2D eigenvalue weighted by atomic mass is 35.5. The van der Waals surface area contributed by atoms with Gasteiger partial charge in [0.2, 0.25) is 0 Å². The summed E-state index contributed by atoms with van der Waals surface area (Å²) in [4.78, 5) is 0. The molecule has 0 radical (unpaired) electrons. The molecule has 0 atom stereocenters. The third kappa shape index (κ3) is 2.33. The van der Waals surface area contributed by atoms with Crippen LogP contribution in [0.2, 0.25) is 0 Å². The maximum absolute atomic E-state index is 8.89. The Hall–Kier alpha value is -0.300. The number of hydrogen-bond acceptors (Lipinski definition) is 3. The first-order valence-corrected chi connectivity index (χ1v) is 3.56. The normalized spacial score (nSPS) is 21.5. The van der Waals surface area contributed by atoms with Gasteiger partial charge in [0.05, 0.1) is 18.1 Å². The van der Waals surface area contributed by atoms with Gasteiger partial charge >= 0.3 is 0 Å². The van der Waals surface area contributed by atoms with Gasteiger partial charge in [0, 0.05) is 0 Å². The Morgan fingerprint density at radius 1 is 1.45 bits per heavy atom. The van der Waals surface area contributed by atoms with E-state index in [2.05, 4.69) is 11.4 Å². The van der Waals surface area contributed by atoms with Crippen molar-refractivity contribution in [3.63, 3.8) is 0 Å². The Labute approximate surface area is 72.8 Å². The number of rotatable bonds is 1. The van der Waals surface area contributed by atoms with Crippen LogP contribution >= 0.6 is 12.4 Å². The molecule has 1 heterocycles. The zero-order chi connectivity index (χ0) is 7.45. The van der Waals surface area contributed by atoms with E-state index in [1.165, 1.54) is 0 Å². The van der Waals surface area contributed by atoms with Gasteiger partial charge in [-0.2, -0.15) is 5.26 Å². The molecule has 1 aliphatic rings. The lowest BCUT2D eigenvalue weighted by molar-refractivity contribution is 0.140. The second kappa shape index (κ2) is 4.55. The standard InChI is InChI=1S/C7H12N2O.ClH/c8-5-7(6-10)1-3-9-4-2-7;/h9-10H,1-4,6H2;1H. The minimum Gasteiger partial charge on any atom is -0.395 e. The van der Waals surface area contributed by atoms with Gasteiger partial charge < -0.3 is 10.4 Å². The number of nitrogens with one attached hydrogen (secondary N) is 1. The maximum atomic E-state index is 8.89. The van der Waals surface area contributed by atoms with E-state index in [1.54, 1.807) is 0 Å². The first-order valence-electron chi connectivity index (χ1n) is 3.56. The van der Waals surface area contributed by atoms with Crippen molar-refractivity contribution >= 4 is 12.4 Å². The molecular weight excluding hydrogens is 164 g/mol. The molecule has 0 aromatic carbocycles. The minimum absolute atomic E-state index is 0. The van der Waals surface area contributed by atoms with Crippen molar-refractivity contribution < 1.29 is 5.11 Å². The van der Waals surface area contributed by atoms with E-state index in [1.807, 2.05) is 0 Å². The fourth-order valence-corrected chi connectivity index (χ4v) is 1.21. The van der Waals surface area contributed by atoms with Gasteiger partial charge in [-0.1, -0.05) is 0 Å². The van der Waals surface area contributed by atoms with E-state index in [0.29, 0.717) is 0 Å². The predicted octanol–water partition coefficient (Wildman–Crippen LogP) is 0.294. The van der Waals surface area contributed by atoms with Crippen molar-refractivity contribution in [3.8, 4) is 6.07 Å². The van der Waals surface area contributed by atoms with Crippen molar-refractivity contribution in [2.75, 3.05) is 19.7 Å². The molecule has 0 spiro atoms. The molecule has 0 bridgehead atoms. The van der Waals surface area contributed by atoms with E-state index < -0.39 is 5.41 Å². The number of nitrogens with zero attached hydrogens (tertiary/aromatic N) is 1. The second-order valence-electron chi connectivity index (χ2n) is 2.80. The summed E-state index contributed by atoms with van der Waals surface area (Å²) >= 11 is 0. The molecule has 1 aliphatic heterocycles. The molecule has 1 fully saturated rings. The monoisotopic (exact) mass is 176 g/mol. The van der Waals surface area contributed by atoms with Crippen LogP contribution in [-0.2, 0) is 0 Å². The summed E-state index contributed by atoms with van der Waals surface area (Å²) in [6.07, 6.45) is 1.56. The number of hydrogen-bond donors (Lipinski definition) is 2. The maximum Gasteiger partial charge on any atom is 0.0828 e. The highest BCUT2D eigenvalue weighted by Crippen LogP contribution is 2.26. The fraction of sp³-hybridized carbons (Fsp3) is 0.857. The summed E-state index contributed by atoms with van der Waals surface area (Å²) in [5, 5.41) is 20.7. The predicted molar refractivity (Wildman–Crippen MR) is 44.5 cm³/mol. The molecule has 4 heteroatoms. The molecule has 0 aromatic rings. The molecule has 1 saturated heterocycles. The van der Waals surface area contributed by atoms with Crippen LogP contribution in [0.3, 0.4) is 0 Å². The van der Waals surface area contributed by atoms with E-state index in [9.17, 15) is 0 Å². The molecule has 0 unspecified atom stereocenters. The molecule has 2 N–H and O–H groups in total. The van der Waals surface area contributed by atoms with Crippen molar-refractivity contribution in [3.05, 3.63) is 0 Å². The molecular formula is C7H13ClN2O. The van der Waals surface area contributed by atoms with Gasteiger partial charge in [0.1, 0.15) is 0 Å². The third-order valence-corrected chi connectivity index (χ3v) is 2.10. The van der Waals surface area contributed by atoms with Crippen LogP contribution in [0.25, 0.3) is 0 Å². The number of piperidine rings is 1. The van der Waals surface area contributed by atoms with E-state index in [4.69, 9.17) is 10.4 Å². The number of aliphatic hydroxyl groups excluding tert-OH is 1. The SMILES string of the molecule is Cl.N#CC1(CO)CCNCC1. The molecule has 3 nitrogen and oxygen atoms in total. The summed E-state index contributed by atoms with van der Waals surface area (Å²) in [5.41, 5.74) is -0.439. The van der Waals surface area contributed by atoms with Gasteiger partial charge in [-0.05, 0) is 25.9 Å². The summed E-state index contributed by atoms with van der Waals surface area (Å²) in [6.45, 7) is 1.72. The molecule has 0 aromatic heterocycles. The van der Waals surface area contributed by atoms with E-state index in [-0.39, 0.29) is 19.0 Å². The Bertz CT molecular complexity index is 149. The first-order chi connectivity index (χ1) is 4.83. The smallest absolute Gasteiger partial charge is 0.0828 e. The van der Waals surface area contributed by atoms with Crippen molar-refractivity contribution in [2.24, 2.45) is 5.41 Å². The van der Waals surface area contributed by atoms with Gasteiger partial charge in [-0.15, -0.1) is 12.4 Å². The average molecular weight is 177 g/mol. The lowest BCUT2D eigenvalue weighted by Crippen LogP contribution is -2.38. The van der Waals surface area contributed by atoms with Crippen LogP contribution in [0.4, 0.5) is 0 Å². The summed E-state index contributed by atoms with van der Waals surface area (Å²) in [7, 11) is 0. The van der Waals surface area contributed by atoms with E-state index >= 15 is 0 Å². The Balaban J connectivity index is 0.000001000. The molecule has 0 amide bonds. The Kier molecular flexibility index (Phi) is 4.43. The van der Waals surface area contributed by atoms with Gasteiger partial charge in [-0.25, -0.2) is 0 Å². The van der Waals surface area contributed by atoms with Crippen LogP contribution in [0, 0.1) is 16.7 Å². The fourth-order valence-electron chi connectivity index (χ4n) is 1.21. The number of nitriles is 1. The average Bonchev–Trinajstić information content (AvgIpc) is 2.06. The molecule has 0 aliphatic carbocycles. The topological polar surface area (TPSA) is 56.0 Å². The number of aliphatic hydroxyl groups is 1. The van der Waals surface area contributed by atoms with Gasteiger partial charge in [0.15, 0.2) is 0 Å². The van der Waals surface area contributed by atoms with Crippen LogP contribution in [0.1, 0.15) is 12.8 Å². The highest BCUT2D eigenvalue weighted by Gasteiger charge is 2.30. The van der Waals surface area contributed by atoms with Crippen molar-refractivity contribution in [2.45, 2.75) is 12.8 Å². The summed E-state index contributed by atoms with van der Waals surface area (Å²) in [5.74, 6) is 0. The van der Waals surface area contributed by atoms with Crippen LogP contribution < -0.4 is 5.32 Å². The van der Waals surface area contributed by atoms with Crippen molar-refractivity contribution in [1.82, 2.24) is 5.32 Å². The quantitative estimate of drug-likeness (QED) is 0.604. The minimum atomic E-state index is -0.439. The van der Waals surface area contributed by atoms with Crippen LogP contribution in [0.5, 0.6) is 0 Å². The van der Waals surface area contributed by atoms with Gasteiger partial charge in [0.25, 0.3) is 0 Å². The Morgan fingerprint density at radius 3 is 2.27 bits per heavy atom. The Morgan fingerprint density at radius 2 is 2.00 bits per heavy atom. The lowest BCUT2D eigenvalue weighted by atomic mass is 9.81. The molecule has 11 heavy (non-hydrogen) atoms. The highest BCUT2D eigenvalue weighted by molar-refractivity contribution is 5.85. The summed E-state index contributed by atoms with van der Waals surface area (Å²) in [6, 6.07) is 2.18. The molecule has 64 valence electrons. The van der Waals surface area contributed by atoms with E-state index in [0.717, 1.165) is 25.9 Å². The number of halogens is 1. The molecule has 1 rings (SSSR count).